The molecular formula is C30H33FN2O5S. The molecule has 2 heterocycles. The number of nitrogens with zero attached hydrogens (tertiary/aromatic N) is 1. The number of hydrogen-bond acceptors (Lipinski definition) is 7. The first kappa shape index (κ1) is 28.6. The van der Waals surface area contributed by atoms with E-state index in [0.717, 1.165) is 22.1 Å². The van der Waals surface area contributed by atoms with Crippen LogP contribution in [-0.2, 0) is 40.5 Å². The Balaban J connectivity index is 1.62. The molecule has 1 N–H and O–H groups in total. The summed E-state index contributed by atoms with van der Waals surface area (Å²) < 4.78 is 47.4. The van der Waals surface area contributed by atoms with Gasteiger partial charge in [-0.05, 0) is 76.1 Å². The van der Waals surface area contributed by atoms with Crippen LogP contribution in [0.3, 0.4) is 0 Å². The van der Waals surface area contributed by atoms with Crippen LogP contribution in [0.2, 0.25) is 0 Å². The van der Waals surface area contributed by atoms with Crippen LogP contribution in [0.1, 0.15) is 50.1 Å². The summed E-state index contributed by atoms with van der Waals surface area (Å²) in [5, 5.41) is 0.798. The van der Waals surface area contributed by atoms with E-state index < -0.39 is 21.9 Å². The number of nitrogens with one attached hydrogen (secondary N) is 1. The number of carbonyl (C=O) groups excluding carboxylic acids is 1. The Bertz CT molecular complexity index is 1460. The first-order chi connectivity index (χ1) is 18.6. The van der Waals surface area contributed by atoms with Crippen LogP contribution in [0.25, 0.3) is 22.1 Å². The molecule has 0 aliphatic rings. The van der Waals surface area contributed by atoms with E-state index >= 15 is 4.39 Å². The van der Waals surface area contributed by atoms with Crippen LogP contribution in [0.4, 0.5) is 4.39 Å². The van der Waals surface area contributed by atoms with E-state index in [4.69, 9.17) is 13.9 Å². The van der Waals surface area contributed by atoms with Crippen molar-refractivity contribution in [3.05, 3.63) is 83.1 Å². The third-order valence-corrected chi connectivity index (χ3v) is 7.57. The molecule has 1 atom stereocenters. The zero-order valence-corrected chi connectivity index (χ0v) is 23.6. The summed E-state index contributed by atoms with van der Waals surface area (Å²) in [5.74, 6) is -0.243. The number of furan rings is 1. The Labute approximate surface area is 231 Å². The summed E-state index contributed by atoms with van der Waals surface area (Å²) in [6.45, 7) is 9.77. The molecule has 9 heteroatoms. The number of carbonyl (C=O) groups is 1. The fourth-order valence-electron chi connectivity index (χ4n) is 4.07. The van der Waals surface area contributed by atoms with Crippen molar-refractivity contribution in [1.29, 1.82) is 0 Å². The van der Waals surface area contributed by atoms with Gasteiger partial charge in [0.15, 0.2) is 5.82 Å². The summed E-state index contributed by atoms with van der Waals surface area (Å²) >= 11 is -1.37. The monoisotopic (exact) mass is 552 g/mol. The van der Waals surface area contributed by atoms with Gasteiger partial charge in [0, 0.05) is 39.6 Å². The average Bonchev–Trinajstić information content (AvgIpc) is 3.36. The van der Waals surface area contributed by atoms with Crippen molar-refractivity contribution in [2.24, 2.45) is 0 Å². The molecule has 0 aliphatic heterocycles. The number of aryl methyl sites for hydroxylation is 1. The van der Waals surface area contributed by atoms with Crippen LogP contribution in [0, 0.1) is 12.7 Å². The highest BCUT2D eigenvalue weighted by Crippen LogP contribution is 2.34. The van der Waals surface area contributed by atoms with Gasteiger partial charge in [-0.2, -0.15) is 0 Å². The fourth-order valence-corrected chi connectivity index (χ4v) is 4.77. The van der Waals surface area contributed by atoms with E-state index in [0.29, 0.717) is 29.1 Å². The summed E-state index contributed by atoms with van der Waals surface area (Å²) in [5.41, 5.74) is 4.11. The Hall–Kier alpha value is -3.40. The third kappa shape index (κ3) is 6.98. The molecule has 0 bridgehead atoms. The van der Waals surface area contributed by atoms with Gasteiger partial charge in [0.25, 0.3) is 0 Å². The Morgan fingerprint density at radius 3 is 2.69 bits per heavy atom. The molecule has 0 saturated carbocycles. The number of halogens is 1. The number of pyridine rings is 1. The van der Waals surface area contributed by atoms with Gasteiger partial charge in [-0.15, -0.1) is 4.72 Å². The predicted molar refractivity (Wildman–Crippen MR) is 150 cm³/mol. The fraction of sp³-hybridized carbons (Fsp3) is 0.333. The number of benzene rings is 2. The number of rotatable bonds is 10. The lowest BCUT2D eigenvalue weighted by Gasteiger charge is -2.23. The Kier molecular flexibility index (Phi) is 8.94. The van der Waals surface area contributed by atoms with Gasteiger partial charge in [-0.3, -0.25) is 9.78 Å². The van der Waals surface area contributed by atoms with Crippen LogP contribution in [0.15, 0.2) is 59.3 Å². The lowest BCUT2D eigenvalue weighted by molar-refractivity contribution is -0.142. The summed E-state index contributed by atoms with van der Waals surface area (Å²) in [6.07, 6.45) is 3.20. The average molecular weight is 553 g/mol. The summed E-state index contributed by atoms with van der Waals surface area (Å²) in [7, 11) is 0. The molecule has 1 unspecified atom stereocenters. The third-order valence-electron chi connectivity index (χ3n) is 6.05. The molecule has 0 spiro atoms. The number of fused-ring (bicyclic) bond motifs is 1. The second-order valence-corrected chi connectivity index (χ2v) is 12.2. The predicted octanol–water partition coefficient (Wildman–Crippen LogP) is 6.18. The first-order valence-electron chi connectivity index (χ1n) is 12.7. The normalized spacial score (nSPS) is 12.5. The molecule has 206 valence electrons. The van der Waals surface area contributed by atoms with Crippen LogP contribution >= 0.6 is 0 Å². The zero-order chi connectivity index (χ0) is 28.2. The van der Waals surface area contributed by atoms with Crippen LogP contribution in [0.5, 0.6) is 5.75 Å². The molecule has 4 rings (SSSR count). The van der Waals surface area contributed by atoms with Gasteiger partial charge in [0.05, 0.1) is 31.5 Å². The molecule has 0 amide bonds. The largest absolute Gasteiger partial charge is 0.598 e. The van der Waals surface area contributed by atoms with Gasteiger partial charge in [0.2, 0.25) is 0 Å². The number of aromatic nitrogens is 1. The molecule has 0 saturated heterocycles. The van der Waals surface area contributed by atoms with E-state index in [1.54, 1.807) is 19.3 Å². The van der Waals surface area contributed by atoms with Crippen molar-refractivity contribution >= 4 is 28.3 Å². The minimum Gasteiger partial charge on any atom is -0.598 e. The molecule has 0 aliphatic carbocycles. The molecule has 4 aromatic rings. The highest BCUT2D eigenvalue weighted by atomic mass is 32.2. The topological polar surface area (TPSA) is 96.7 Å². The molecular weight excluding hydrogens is 519 g/mol. The standard InChI is InChI=1S/C30H33FN2O5S/c1-6-36-27(34)16-21-8-7-19(2)13-26(21)38-18-20-14-22-10-12-37-29(22)24(15-20)23-9-11-32-25(28(23)31)17-33-39(35)30(3,4)5/h7-15,33H,6,16-18H2,1-5H3. The summed E-state index contributed by atoms with van der Waals surface area (Å²) in [4.78, 5) is 16.3. The van der Waals surface area contributed by atoms with E-state index in [1.807, 2.05) is 64.1 Å². The van der Waals surface area contributed by atoms with Gasteiger partial charge in [-0.25, -0.2) is 4.39 Å². The zero-order valence-electron chi connectivity index (χ0n) is 22.8. The molecule has 2 aromatic carbocycles. The molecule has 0 radical (unpaired) electrons. The van der Waals surface area contributed by atoms with Gasteiger partial charge >= 0.3 is 5.97 Å². The highest BCUT2D eigenvalue weighted by molar-refractivity contribution is 7.90. The minimum absolute atomic E-state index is 0.0181. The maximum Gasteiger partial charge on any atom is 0.310 e. The maximum atomic E-state index is 15.7. The number of esters is 1. The van der Waals surface area contributed by atoms with Crippen molar-refractivity contribution in [3.63, 3.8) is 0 Å². The second-order valence-electron chi connectivity index (χ2n) is 10.2. The number of hydrogen-bond donors (Lipinski definition) is 1. The van der Waals surface area contributed by atoms with Crippen molar-refractivity contribution < 1.29 is 27.6 Å². The van der Waals surface area contributed by atoms with E-state index in [1.165, 1.54) is 6.20 Å². The smallest absolute Gasteiger partial charge is 0.310 e. The van der Waals surface area contributed by atoms with Crippen molar-refractivity contribution in [3.8, 4) is 16.9 Å². The van der Waals surface area contributed by atoms with Gasteiger partial charge in [-0.1, -0.05) is 12.1 Å². The highest BCUT2D eigenvalue weighted by Gasteiger charge is 2.27. The maximum absolute atomic E-state index is 15.7. The molecule has 7 nitrogen and oxygen atoms in total. The van der Waals surface area contributed by atoms with Crippen molar-refractivity contribution in [1.82, 2.24) is 9.71 Å². The quantitative estimate of drug-likeness (QED) is 0.185. The minimum atomic E-state index is -1.37. The van der Waals surface area contributed by atoms with E-state index in [9.17, 15) is 9.35 Å². The van der Waals surface area contributed by atoms with Gasteiger partial charge in [0.1, 0.15) is 22.7 Å². The van der Waals surface area contributed by atoms with E-state index in [2.05, 4.69) is 9.71 Å². The lowest BCUT2D eigenvalue weighted by atomic mass is 10.00. The van der Waals surface area contributed by atoms with Crippen LogP contribution in [-0.4, -0.2) is 26.9 Å². The second kappa shape index (κ2) is 12.2. The first-order valence-corrected chi connectivity index (χ1v) is 13.9. The number of ether oxygens (including phenoxy) is 2. The molecule has 0 fully saturated rings. The lowest BCUT2D eigenvalue weighted by Crippen LogP contribution is -2.39. The van der Waals surface area contributed by atoms with Gasteiger partial charge < -0.3 is 18.4 Å². The summed E-state index contributed by atoms with van der Waals surface area (Å²) in [6, 6.07) is 12.8. The molecule has 2 aromatic heterocycles. The SMILES string of the molecule is CCOC(=O)Cc1ccc(C)cc1OCc1cc(-c2ccnc(CN[S+]([O-])C(C)(C)C)c2F)c2occc2c1. The molecule has 39 heavy (non-hydrogen) atoms. The Morgan fingerprint density at radius 1 is 1.15 bits per heavy atom. The van der Waals surface area contributed by atoms with E-state index in [-0.39, 0.29) is 31.2 Å². The van der Waals surface area contributed by atoms with Crippen molar-refractivity contribution in [2.45, 2.75) is 58.9 Å². The van der Waals surface area contributed by atoms with Crippen molar-refractivity contribution in [2.75, 3.05) is 6.61 Å². The van der Waals surface area contributed by atoms with Crippen LogP contribution < -0.4 is 9.46 Å². The Morgan fingerprint density at radius 2 is 1.95 bits per heavy atom.